The van der Waals surface area contributed by atoms with Gasteiger partial charge in [-0.2, -0.15) is 0 Å². The minimum Gasteiger partial charge on any atom is -0.331 e. The zero-order valence-corrected chi connectivity index (χ0v) is 12.2. The third-order valence-corrected chi connectivity index (χ3v) is 4.54. The Bertz CT molecular complexity index is 263. The fourth-order valence-corrected chi connectivity index (χ4v) is 2.52. The molecule has 0 aromatic carbocycles. The first kappa shape index (κ1) is 14.9. The molecule has 1 aliphatic rings. The molecule has 2 atom stereocenters. The lowest BCUT2D eigenvalue weighted by Gasteiger charge is -2.33. The number of nitrogens with one attached hydrogen (secondary N) is 1. The van der Waals surface area contributed by atoms with E-state index in [1.54, 1.807) is 14.2 Å². The molecule has 102 valence electrons. The van der Waals surface area contributed by atoms with Crippen molar-refractivity contribution >= 4 is 0 Å². The van der Waals surface area contributed by atoms with Gasteiger partial charge in [0.05, 0.1) is 5.60 Å². The molecule has 1 N–H and O–H groups in total. The molecule has 17 heavy (non-hydrogen) atoms. The lowest BCUT2D eigenvalue weighted by Crippen LogP contribution is -2.45. The van der Waals surface area contributed by atoms with Crippen molar-refractivity contribution in [3.05, 3.63) is 0 Å². The summed E-state index contributed by atoms with van der Waals surface area (Å²) in [4.78, 5) is 0. The van der Waals surface area contributed by atoms with Crippen LogP contribution < -0.4 is 5.32 Å². The quantitative estimate of drug-likeness (QED) is 0.696. The third kappa shape index (κ3) is 2.36. The number of likely N-dealkylation sites (N-methyl/N-ethyl adjacent to an activating group) is 1. The topological polar surface area (TPSA) is 39.7 Å². The highest BCUT2D eigenvalue weighted by atomic mass is 16.9. The molecule has 1 rings (SSSR count). The van der Waals surface area contributed by atoms with Gasteiger partial charge in [-0.1, -0.05) is 27.7 Å². The molecule has 0 heterocycles. The van der Waals surface area contributed by atoms with Crippen LogP contribution in [0.1, 0.15) is 34.6 Å². The van der Waals surface area contributed by atoms with Crippen LogP contribution >= 0.6 is 0 Å². The molecule has 1 aliphatic carbocycles. The van der Waals surface area contributed by atoms with Gasteiger partial charge >= 0.3 is 0 Å². The Morgan fingerprint density at radius 1 is 1.24 bits per heavy atom. The predicted molar refractivity (Wildman–Crippen MR) is 67.7 cm³/mol. The SMILES string of the molecule is CCNCC1(OC(C)(OC)OC)C(C)C1(C)C. The maximum atomic E-state index is 6.16. The molecule has 0 saturated heterocycles. The maximum absolute atomic E-state index is 6.16. The molecule has 4 nitrogen and oxygen atoms in total. The molecule has 1 fully saturated rings. The van der Waals surface area contributed by atoms with E-state index in [1.165, 1.54) is 0 Å². The largest absolute Gasteiger partial charge is 0.331 e. The molecule has 0 radical (unpaired) electrons. The van der Waals surface area contributed by atoms with Gasteiger partial charge in [0.2, 0.25) is 0 Å². The van der Waals surface area contributed by atoms with Gasteiger partial charge in [-0.25, -0.2) is 0 Å². The standard InChI is InChI=1S/C13H27NO3/c1-8-14-9-13(10(2)11(13,3)4)17-12(5,15-6)16-7/h10,14H,8-9H2,1-7H3. The maximum Gasteiger partial charge on any atom is 0.279 e. The summed E-state index contributed by atoms with van der Waals surface area (Å²) >= 11 is 0. The average molecular weight is 245 g/mol. The van der Waals surface area contributed by atoms with Crippen molar-refractivity contribution in [1.82, 2.24) is 5.32 Å². The zero-order chi connectivity index (χ0) is 13.3. The lowest BCUT2D eigenvalue weighted by atomic mass is 10.1. The van der Waals surface area contributed by atoms with E-state index in [4.69, 9.17) is 14.2 Å². The van der Waals surface area contributed by atoms with E-state index >= 15 is 0 Å². The van der Waals surface area contributed by atoms with Crippen LogP contribution in [0.3, 0.4) is 0 Å². The molecule has 2 unspecified atom stereocenters. The number of hydrogen-bond donors (Lipinski definition) is 1. The van der Waals surface area contributed by atoms with E-state index in [2.05, 4.69) is 33.0 Å². The summed E-state index contributed by atoms with van der Waals surface area (Å²) in [5, 5.41) is 3.37. The van der Waals surface area contributed by atoms with Crippen LogP contribution in [0.25, 0.3) is 0 Å². The van der Waals surface area contributed by atoms with Crippen molar-refractivity contribution in [3.63, 3.8) is 0 Å². The molecule has 0 spiro atoms. The Kier molecular flexibility index (Phi) is 4.24. The highest BCUT2D eigenvalue weighted by molar-refractivity contribution is 5.20. The lowest BCUT2D eigenvalue weighted by molar-refractivity contribution is -0.375. The van der Waals surface area contributed by atoms with Gasteiger partial charge < -0.3 is 19.5 Å². The van der Waals surface area contributed by atoms with Gasteiger partial charge in [0.25, 0.3) is 5.97 Å². The van der Waals surface area contributed by atoms with Crippen LogP contribution in [0.4, 0.5) is 0 Å². The van der Waals surface area contributed by atoms with Crippen LogP contribution in [0, 0.1) is 11.3 Å². The number of hydrogen-bond acceptors (Lipinski definition) is 4. The third-order valence-electron chi connectivity index (χ3n) is 4.54. The average Bonchev–Trinajstić information content (AvgIpc) is 2.71. The first-order valence-corrected chi connectivity index (χ1v) is 6.31. The first-order chi connectivity index (χ1) is 7.79. The summed E-state index contributed by atoms with van der Waals surface area (Å²) in [6.07, 6.45) is 0. The van der Waals surface area contributed by atoms with E-state index < -0.39 is 5.97 Å². The van der Waals surface area contributed by atoms with Crippen LogP contribution in [0.5, 0.6) is 0 Å². The second-order valence-corrected chi connectivity index (χ2v) is 5.49. The molecule has 4 heteroatoms. The Hall–Kier alpha value is -0.160. The van der Waals surface area contributed by atoms with Crippen LogP contribution in [-0.2, 0) is 14.2 Å². The Labute approximate surface area is 105 Å². The molecule has 0 bridgehead atoms. The molecule has 1 saturated carbocycles. The Morgan fingerprint density at radius 3 is 2.00 bits per heavy atom. The number of methoxy groups -OCH3 is 2. The summed E-state index contributed by atoms with van der Waals surface area (Å²) in [5.41, 5.74) is -0.0860. The molecule has 0 aromatic heterocycles. The van der Waals surface area contributed by atoms with Crippen molar-refractivity contribution in [2.24, 2.45) is 11.3 Å². The van der Waals surface area contributed by atoms with E-state index in [1.807, 2.05) is 6.92 Å². The van der Waals surface area contributed by atoms with E-state index in [0.29, 0.717) is 5.92 Å². The van der Waals surface area contributed by atoms with Gasteiger partial charge in [-0.15, -0.1) is 0 Å². The summed E-state index contributed by atoms with van der Waals surface area (Å²) < 4.78 is 16.8. The number of rotatable bonds is 7. The number of ether oxygens (including phenoxy) is 3. The van der Waals surface area contributed by atoms with E-state index in [9.17, 15) is 0 Å². The van der Waals surface area contributed by atoms with Gasteiger partial charge in [0, 0.05) is 33.1 Å². The molecule has 0 amide bonds. The van der Waals surface area contributed by atoms with Crippen molar-refractivity contribution in [2.45, 2.75) is 46.2 Å². The summed E-state index contributed by atoms with van der Waals surface area (Å²) in [5.74, 6) is -0.504. The van der Waals surface area contributed by atoms with Crippen LogP contribution in [0.15, 0.2) is 0 Å². The minimum atomic E-state index is -0.975. The van der Waals surface area contributed by atoms with E-state index in [-0.39, 0.29) is 11.0 Å². The minimum absolute atomic E-state index is 0.132. The Morgan fingerprint density at radius 2 is 1.71 bits per heavy atom. The molecule has 0 aromatic rings. The summed E-state index contributed by atoms with van der Waals surface area (Å²) in [6, 6.07) is 0. The first-order valence-electron chi connectivity index (χ1n) is 6.31. The van der Waals surface area contributed by atoms with E-state index in [0.717, 1.165) is 13.1 Å². The van der Waals surface area contributed by atoms with Crippen molar-refractivity contribution in [2.75, 3.05) is 27.3 Å². The molecular formula is C13H27NO3. The monoisotopic (exact) mass is 245 g/mol. The predicted octanol–water partition coefficient (Wildman–Crippen LogP) is 1.99. The zero-order valence-electron chi connectivity index (χ0n) is 12.2. The summed E-state index contributed by atoms with van der Waals surface area (Å²) in [7, 11) is 3.20. The van der Waals surface area contributed by atoms with Crippen molar-refractivity contribution < 1.29 is 14.2 Å². The second-order valence-electron chi connectivity index (χ2n) is 5.49. The molecular weight excluding hydrogens is 218 g/mol. The van der Waals surface area contributed by atoms with Gasteiger partial charge in [-0.3, -0.25) is 0 Å². The van der Waals surface area contributed by atoms with Crippen LogP contribution in [-0.4, -0.2) is 38.9 Å². The fraction of sp³-hybridized carbons (Fsp3) is 1.00. The highest BCUT2D eigenvalue weighted by Gasteiger charge is 2.71. The van der Waals surface area contributed by atoms with Gasteiger partial charge in [-0.05, 0) is 12.5 Å². The smallest absolute Gasteiger partial charge is 0.279 e. The van der Waals surface area contributed by atoms with Crippen molar-refractivity contribution in [3.8, 4) is 0 Å². The van der Waals surface area contributed by atoms with Crippen LogP contribution in [0.2, 0.25) is 0 Å². The van der Waals surface area contributed by atoms with Gasteiger partial charge in [0.15, 0.2) is 0 Å². The molecule has 0 aliphatic heterocycles. The Balaban J connectivity index is 2.81. The fourth-order valence-electron chi connectivity index (χ4n) is 2.52. The summed E-state index contributed by atoms with van der Waals surface area (Å²) in [6.45, 7) is 12.3. The highest BCUT2D eigenvalue weighted by Crippen LogP contribution is 2.64. The normalized spacial score (nSPS) is 31.6. The van der Waals surface area contributed by atoms with Crippen molar-refractivity contribution in [1.29, 1.82) is 0 Å². The van der Waals surface area contributed by atoms with Gasteiger partial charge in [0.1, 0.15) is 0 Å². The second kappa shape index (κ2) is 4.84.